The SMILES string of the molecule is OC(CCl)CNc1cc(F)cc(F)c1C(F)(F)F. The lowest BCUT2D eigenvalue weighted by atomic mass is 10.1. The molecule has 1 unspecified atom stereocenters. The highest BCUT2D eigenvalue weighted by Crippen LogP contribution is 2.37. The minimum absolute atomic E-state index is 0.145. The van der Waals surface area contributed by atoms with Crippen molar-refractivity contribution in [2.45, 2.75) is 12.3 Å². The molecule has 18 heavy (non-hydrogen) atoms. The van der Waals surface area contributed by atoms with Gasteiger partial charge in [-0.3, -0.25) is 0 Å². The van der Waals surface area contributed by atoms with Gasteiger partial charge in [-0.25, -0.2) is 8.78 Å². The maximum atomic E-state index is 13.1. The molecule has 0 aliphatic heterocycles. The Bertz CT molecular complexity index is 423. The summed E-state index contributed by atoms with van der Waals surface area (Å²) in [5.41, 5.74) is -2.38. The molecule has 0 aliphatic carbocycles. The third kappa shape index (κ3) is 3.71. The van der Waals surface area contributed by atoms with Crippen LogP contribution in [0, 0.1) is 11.6 Å². The van der Waals surface area contributed by atoms with E-state index in [4.69, 9.17) is 16.7 Å². The van der Waals surface area contributed by atoms with E-state index in [9.17, 15) is 22.0 Å². The molecule has 0 aromatic heterocycles. The van der Waals surface area contributed by atoms with Crippen LogP contribution in [-0.4, -0.2) is 23.6 Å². The third-order valence-corrected chi connectivity index (χ3v) is 2.40. The summed E-state index contributed by atoms with van der Waals surface area (Å²) in [7, 11) is 0. The number of alkyl halides is 4. The van der Waals surface area contributed by atoms with Crippen LogP contribution in [0.4, 0.5) is 27.6 Å². The quantitative estimate of drug-likeness (QED) is 0.660. The molecule has 2 nitrogen and oxygen atoms in total. The molecule has 0 fully saturated rings. The van der Waals surface area contributed by atoms with Crippen molar-refractivity contribution in [1.82, 2.24) is 0 Å². The van der Waals surface area contributed by atoms with Gasteiger partial charge in [0.25, 0.3) is 0 Å². The van der Waals surface area contributed by atoms with E-state index in [1.54, 1.807) is 0 Å². The van der Waals surface area contributed by atoms with Gasteiger partial charge in [0.2, 0.25) is 0 Å². The van der Waals surface area contributed by atoms with Gasteiger partial charge in [0.15, 0.2) is 0 Å². The van der Waals surface area contributed by atoms with Crippen molar-refractivity contribution in [3.63, 3.8) is 0 Å². The summed E-state index contributed by atoms with van der Waals surface area (Å²) >= 11 is 5.25. The molecule has 102 valence electrons. The smallest absolute Gasteiger partial charge is 0.390 e. The number of benzene rings is 1. The molecule has 1 atom stereocenters. The lowest BCUT2D eigenvalue weighted by Gasteiger charge is -2.16. The molecule has 0 saturated heterocycles. The fourth-order valence-electron chi connectivity index (χ4n) is 1.28. The van der Waals surface area contributed by atoms with Gasteiger partial charge in [-0.2, -0.15) is 13.2 Å². The number of rotatable bonds is 4. The van der Waals surface area contributed by atoms with Crippen molar-refractivity contribution in [1.29, 1.82) is 0 Å². The minimum Gasteiger partial charge on any atom is -0.390 e. The molecule has 0 saturated carbocycles. The van der Waals surface area contributed by atoms with Gasteiger partial charge in [-0.05, 0) is 6.07 Å². The number of aliphatic hydroxyl groups excluding tert-OH is 1. The third-order valence-electron chi connectivity index (χ3n) is 2.04. The minimum atomic E-state index is -4.97. The largest absolute Gasteiger partial charge is 0.421 e. The average Bonchev–Trinajstić information content (AvgIpc) is 2.22. The fourth-order valence-corrected chi connectivity index (χ4v) is 1.39. The second-order valence-electron chi connectivity index (χ2n) is 3.50. The fraction of sp³-hybridized carbons (Fsp3) is 0.400. The highest BCUT2D eigenvalue weighted by atomic mass is 35.5. The van der Waals surface area contributed by atoms with Gasteiger partial charge in [0, 0.05) is 12.6 Å². The monoisotopic (exact) mass is 289 g/mol. The Morgan fingerprint density at radius 3 is 2.39 bits per heavy atom. The first-order valence-electron chi connectivity index (χ1n) is 4.80. The van der Waals surface area contributed by atoms with E-state index in [1.165, 1.54) is 0 Å². The zero-order valence-corrected chi connectivity index (χ0v) is 9.62. The van der Waals surface area contributed by atoms with Crippen molar-refractivity contribution in [2.75, 3.05) is 17.7 Å². The summed E-state index contributed by atoms with van der Waals surface area (Å²) in [6.45, 7) is -0.352. The van der Waals surface area contributed by atoms with Crippen LogP contribution < -0.4 is 5.32 Å². The van der Waals surface area contributed by atoms with Gasteiger partial charge in [0.05, 0.1) is 17.7 Å². The molecular formula is C10H9ClF5NO. The van der Waals surface area contributed by atoms with E-state index in [0.29, 0.717) is 6.07 Å². The van der Waals surface area contributed by atoms with Gasteiger partial charge in [-0.1, -0.05) is 0 Å². The van der Waals surface area contributed by atoms with Crippen LogP contribution >= 0.6 is 11.6 Å². The van der Waals surface area contributed by atoms with Crippen LogP contribution in [0.2, 0.25) is 0 Å². The summed E-state index contributed by atoms with van der Waals surface area (Å²) in [6, 6.07) is 0.652. The lowest BCUT2D eigenvalue weighted by Crippen LogP contribution is -2.23. The van der Waals surface area contributed by atoms with Gasteiger partial charge in [-0.15, -0.1) is 11.6 Å². The summed E-state index contributed by atoms with van der Waals surface area (Å²) < 4.78 is 63.7. The first-order chi connectivity index (χ1) is 8.25. The Morgan fingerprint density at radius 1 is 1.28 bits per heavy atom. The van der Waals surface area contributed by atoms with E-state index >= 15 is 0 Å². The number of hydrogen-bond donors (Lipinski definition) is 2. The molecule has 2 N–H and O–H groups in total. The lowest BCUT2D eigenvalue weighted by molar-refractivity contribution is -0.139. The standard InChI is InChI=1S/C10H9ClF5NO/c11-3-6(18)4-17-8-2-5(12)1-7(13)9(8)10(14,15)16/h1-2,6,17-18H,3-4H2. The number of nitrogens with one attached hydrogen (secondary N) is 1. The first-order valence-corrected chi connectivity index (χ1v) is 5.33. The van der Waals surface area contributed by atoms with Gasteiger partial charge in [0.1, 0.15) is 17.2 Å². The van der Waals surface area contributed by atoms with E-state index in [1.807, 2.05) is 0 Å². The molecule has 0 amide bonds. The van der Waals surface area contributed by atoms with Crippen molar-refractivity contribution in [2.24, 2.45) is 0 Å². The zero-order chi connectivity index (χ0) is 13.9. The predicted molar refractivity (Wildman–Crippen MR) is 56.6 cm³/mol. The van der Waals surface area contributed by atoms with Crippen LogP contribution in [0.1, 0.15) is 5.56 Å². The highest BCUT2D eigenvalue weighted by Gasteiger charge is 2.37. The zero-order valence-electron chi connectivity index (χ0n) is 8.86. The highest BCUT2D eigenvalue weighted by molar-refractivity contribution is 6.18. The van der Waals surface area contributed by atoms with E-state index < -0.39 is 35.2 Å². The van der Waals surface area contributed by atoms with Crippen LogP contribution in [0.5, 0.6) is 0 Å². The first kappa shape index (κ1) is 15.0. The Labute approximate surface area is 104 Å². The summed E-state index contributed by atoms with van der Waals surface area (Å²) in [5.74, 6) is -3.08. The van der Waals surface area contributed by atoms with Crippen molar-refractivity contribution in [3.05, 3.63) is 29.3 Å². The molecule has 0 spiro atoms. The van der Waals surface area contributed by atoms with Crippen LogP contribution in [0.25, 0.3) is 0 Å². The summed E-state index contributed by atoms with van der Waals surface area (Å²) in [5, 5.41) is 11.2. The molecule has 1 aromatic rings. The van der Waals surface area contributed by atoms with E-state index in [0.717, 1.165) is 0 Å². The average molecular weight is 290 g/mol. The number of anilines is 1. The molecule has 0 aliphatic rings. The predicted octanol–water partition coefficient (Wildman–Crippen LogP) is 3.00. The topological polar surface area (TPSA) is 32.3 Å². The molecule has 8 heteroatoms. The van der Waals surface area contributed by atoms with E-state index in [2.05, 4.69) is 5.32 Å². The maximum Gasteiger partial charge on any atom is 0.421 e. The van der Waals surface area contributed by atoms with Crippen molar-refractivity contribution in [3.8, 4) is 0 Å². The van der Waals surface area contributed by atoms with Crippen molar-refractivity contribution >= 4 is 17.3 Å². The molecule has 0 bridgehead atoms. The second-order valence-corrected chi connectivity index (χ2v) is 3.81. The Kier molecular flexibility index (Phi) is 4.75. The summed E-state index contributed by atoms with van der Waals surface area (Å²) in [6.07, 6.45) is -6.09. The molecule has 1 aromatic carbocycles. The Morgan fingerprint density at radius 2 is 1.89 bits per heavy atom. The Balaban J connectivity index is 3.08. The molecule has 0 heterocycles. The summed E-state index contributed by atoms with van der Waals surface area (Å²) in [4.78, 5) is 0. The number of hydrogen-bond acceptors (Lipinski definition) is 2. The molecular weight excluding hydrogens is 281 g/mol. The van der Waals surface area contributed by atoms with Gasteiger partial charge >= 0.3 is 6.18 Å². The maximum absolute atomic E-state index is 13.1. The molecule has 1 rings (SSSR count). The Hall–Kier alpha value is -1.08. The van der Waals surface area contributed by atoms with Gasteiger partial charge < -0.3 is 10.4 Å². The second kappa shape index (κ2) is 5.71. The van der Waals surface area contributed by atoms with Crippen LogP contribution in [0.3, 0.4) is 0 Å². The van der Waals surface area contributed by atoms with E-state index in [-0.39, 0.29) is 18.5 Å². The van der Waals surface area contributed by atoms with Crippen LogP contribution in [-0.2, 0) is 6.18 Å². The number of halogens is 6. The molecule has 0 radical (unpaired) electrons. The van der Waals surface area contributed by atoms with Crippen molar-refractivity contribution < 1.29 is 27.1 Å². The van der Waals surface area contributed by atoms with Crippen LogP contribution in [0.15, 0.2) is 12.1 Å². The normalized spacial score (nSPS) is 13.5. The number of aliphatic hydroxyl groups is 1.